The molecule has 1 aromatic carbocycles. The van der Waals surface area contributed by atoms with Crippen LogP contribution in [-0.4, -0.2) is 53.9 Å². The summed E-state index contributed by atoms with van der Waals surface area (Å²) >= 11 is 0. The van der Waals surface area contributed by atoms with Crippen LogP contribution in [0.25, 0.3) is 11.0 Å². The van der Waals surface area contributed by atoms with E-state index in [2.05, 4.69) is 15.6 Å². The summed E-state index contributed by atoms with van der Waals surface area (Å²) in [7, 11) is 0. The molecule has 0 saturated carbocycles. The molecule has 10 nitrogen and oxygen atoms in total. The van der Waals surface area contributed by atoms with Gasteiger partial charge in [-0.1, -0.05) is 0 Å². The molecule has 3 aliphatic heterocycles. The molecule has 2 atom stereocenters. The molecule has 3 aliphatic rings. The zero-order valence-electron chi connectivity index (χ0n) is 17.9. The number of aromatic nitrogens is 2. The SMILES string of the molecule is O=C1COc2ccc(N3C[C@@H](CNC[C@H]4Cn5c(=O)ccc6ncc(F)c4c65)OC3=O)cc2N1. The minimum atomic E-state index is -0.489. The number of benzene rings is 1. The quantitative estimate of drug-likeness (QED) is 0.588. The first-order chi connectivity index (χ1) is 16.5. The molecule has 0 spiro atoms. The van der Waals surface area contributed by atoms with E-state index < -0.39 is 18.0 Å². The van der Waals surface area contributed by atoms with Gasteiger partial charge in [-0.3, -0.25) is 19.5 Å². The molecule has 1 fully saturated rings. The molecule has 5 heterocycles. The van der Waals surface area contributed by atoms with Gasteiger partial charge in [0.1, 0.15) is 17.7 Å². The highest BCUT2D eigenvalue weighted by Crippen LogP contribution is 2.34. The van der Waals surface area contributed by atoms with Crippen LogP contribution in [0.1, 0.15) is 11.5 Å². The average molecular weight is 465 g/mol. The van der Waals surface area contributed by atoms with Gasteiger partial charge in [-0.05, 0) is 24.3 Å². The van der Waals surface area contributed by atoms with Crippen molar-refractivity contribution >= 4 is 34.4 Å². The van der Waals surface area contributed by atoms with E-state index in [1.807, 2.05) is 0 Å². The second-order valence-corrected chi connectivity index (χ2v) is 8.52. The number of ether oxygens (including phenoxy) is 2. The van der Waals surface area contributed by atoms with Crippen LogP contribution >= 0.6 is 0 Å². The summed E-state index contributed by atoms with van der Waals surface area (Å²) in [4.78, 5) is 41.9. The fourth-order valence-electron chi connectivity index (χ4n) is 4.81. The maximum absolute atomic E-state index is 14.6. The molecule has 2 amide bonds. The third-order valence-electron chi connectivity index (χ3n) is 6.35. The van der Waals surface area contributed by atoms with E-state index in [0.29, 0.717) is 59.9 Å². The molecule has 0 aliphatic carbocycles. The number of fused-ring (bicyclic) bond motifs is 1. The number of hydrogen-bond donors (Lipinski definition) is 2. The summed E-state index contributed by atoms with van der Waals surface area (Å²) in [5, 5.41) is 5.98. The lowest BCUT2D eigenvalue weighted by Crippen LogP contribution is -2.33. The highest BCUT2D eigenvalue weighted by Gasteiger charge is 2.34. The van der Waals surface area contributed by atoms with E-state index in [4.69, 9.17) is 9.47 Å². The van der Waals surface area contributed by atoms with E-state index in [1.54, 1.807) is 28.8 Å². The Hall–Kier alpha value is -3.99. The van der Waals surface area contributed by atoms with Crippen molar-refractivity contribution in [1.29, 1.82) is 0 Å². The number of halogens is 1. The normalized spacial score (nSPS) is 20.8. The maximum atomic E-state index is 14.6. The molecular weight excluding hydrogens is 445 g/mol. The fourth-order valence-corrected chi connectivity index (χ4v) is 4.81. The summed E-state index contributed by atoms with van der Waals surface area (Å²) < 4.78 is 27.0. The van der Waals surface area contributed by atoms with Crippen molar-refractivity contribution < 1.29 is 23.5 Å². The van der Waals surface area contributed by atoms with Gasteiger partial charge in [0.15, 0.2) is 6.61 Å². The minimum Gasteiger partial charge on any atom is -0.482 e. The van der Waals surface area contributed by atoms with E-state index in [0.717, 1.165) is 0 Å². The van der Waals surface area contributed by atoms with Gasteiger partial charge < -0.3 is 24.7 Å². The predicted molar refractivity (Wildman–Crippen MR) is 120 cm³/mol. The van der Waals surface area contributed by atoms with Gasteiger partial charge in [0, 0.05) is 42.9 Å². The van der Waals surface area contributed by atoms with Gasteiger partial charge in [-0.15, -0.1) is 0 Å². The van der Waals surface area contributed by atoms with Crippen LogP contribution < -0.4 is 25.8 Å². The smallest absolute Gasteiger partial charge is 0.414 e. The lowest BCUT2D eigenvalue weighted by Gasteiger charge is -2.20. The van der Waals surface area contributed by atoms with Crippen molar-refractivity contribution in [2.75, 3.05) is 36.5 Å². The number of hydrogen-bond acceptors (Lipinski definition) is 7. The number of anilines is 2. The van der Waals surface area contributed by atoms with Crippen LogP contribution in [0.3, 0.4) is 0 Å². The van der Waals surface area contributed by atoms with E-state index in [1.165, 1.54) is 17.2 Å². The molecule has 0 bridgehead atoms. The van der Waals surface area contributed by atoms with Crippen molar-refractivity contribution in [1.82, 2.24) is 14.9 Å². The number of amides is 2. The molecule has 2 N–H and O–H groups in total. The number of rotatable bonds is 5. The number of carbonyl (C=O) groups excluding carboxylic acids is 2. The minimum absolute atomic E-state index is 0.0402. The van der Waals surface area contributed by atoms with Crippen molar-refractivity contribution in [2.45, 2.75) is 18.6 Å². The van der Waals surface area contributed by atoms with Gasteiger partial charge in [0.25, 0.3) is 11.5 Å². The molecule has 1 saturated heterocycles. The zero-order valence-corrected chi connectivity index (χ0v) is 17.9. The van der Waals surface area contributed by atoms with Gasteiger partial charge in [-0.2, -0.15) is 0 Å². The van der Waals surface area contributed by atoms with Crippen LogP contribution in [0.15, 0.2) is 41.3 Å². The number of nitrogens with zero attached hydrogens (tertiary/aromatic N) is 3. The van der Waals surface area contributed by atoms with Crippen LogP contribution in [0.4, 0.5) is 20.6 Å². The number of carbonyl (C=O) groups is 2. The molecule has 0 radical (unpaired) electrons. The average Bonchev–Trinajstić information content (AvgIpc) is 3.39. The van der Waals surface area contributed by atoms with Crippen LogP contribution in [0, 0.1) is 5.82 Å². The van der Waals surface area contributed by atoms with E-state index >= 15 is 0 Å². The Morgan fingerprint density at radius 3 is 2.91 bits per heavy atom. The first-order valence-electron chi connectivity index (χ1n) is 10.9. The Labute approximate surface area is 192 Å². The summed E-state index contributed by atoms with van der Waals surface area (Å²) in [5.74, 6) is -0.380. The molecule has 11 heteroatoms. The first-order valence-corrected chi connectivity index (χ1v) is 10.9. The number of cyclic esters (lactones) is 1. The topological polar surface area (TPSA) is 115 Å². The second kappa shape index (κ2) is 7.80. The Bertz CT molecular complexity index is 1410. The van der Waals surface area contributed by atoms with E-state index in [9.17, 15) is 18.8 Å². The van der Waals surface area contributed by atoms with Gasteiger partial charge in [-0.25, -0.2) is 9.18 Å². The maximum Gasteiger partial charge on any atom is 0.414 e. The molecule has 174 valence electrons. The lowest BCUT2D eigenvalue weighted by molar-refractivity contribution is -0.118. The third-order valence-corrected chi connectivity index (χ3v) is 6.35. The van der Waals surface area contributed by atoms with Gasteiger partial charge >= 0.3 is 6.09 Å². The van der Waals surface area contributed by atoms with Crippen molar-refractivity contribution in [3.05, 3.63) is 58.3 Å². The lowest BCUT2D eigenvalue weighted by atomic mass is 10.0. The third kappa shape index (κ3) is 3.36. The van der Waals surface area contributed by atoms with E-state index in [-0.39, 0.29) is 24.0 Å². The van der Waals surface area contributed by atoms with Crippen LogP contribution in [0.2, 0.25) is 0 Å². The summed E-state index contributed by atoms with van der Waals surface area (Å²) in [6.07, 6.45) is 0.285. The number of nitrogens with one attached hydrogen (secondary N) is 2. The monoisotopic (exact) mass is 465 g/mol. The first kappa shape index (κ1) is 20.6. The van der Waals surface area contributed by atoms with Crippen LogP contribution in [0.5, 0.6) is 5.75 Å². The molecule has 0 unspecified atom stereocenters. The Balaban J connectivity index is 1.12. The Morgan fingerprint density at radius 2 is 2.03 bits per heavy atom. The largest absolute Gasteiger partial charge is 0.482 e. The summed E-state index contributed by atoms with van der Waals surface area (Å²) in [5.41, 5.74) is 2.52. The highest BCUT2D eigenvalue weighted by molar-refractivity contribution is 5.97. The van der Waals surface area contributed by atoms with Crippen molar-refractivity contribution in [3.8, 4) is 5.75 Å². The zero-order chi connectivity index (χ0) is 23.4. The Morgan fingerprint density at radius 1 is 1.15 bits per heavy atom. The summed E-state index contributed by atoms with van der Waals surface area (Å²) in [6.45, 7) is 1.41. The van der Waals surface area contributed by atoms with Crippen molar-refractivity contribution in [2.24, 2.45) is 0 Å². The molecule has 6 rings (SSSR count). The standard InChI is InChI=1S/C23H20FN5O5/c24-15-8-26-16-2-4-20(31)29-9-12(21(15)22(16)29)6-25-7-14-10-28(23(32)34-14)13-1-3-18-17(5-13)27-19(30)11-33-18/h1-5,8,12,14,25H,6-7,9-11H2,(H,27,30)/t12-,14+/m0/s1. The number of pyridine rings is 2. The Kier molecular flexibility index (Phi) is 4.73. The summed E-state index contributed by atoms with van der Waals surface area (Å²) in [6, 6.07) is 8.16. The second-order valence-electron chi connectivity index (χ2n) is 8.52. The van der Waals surface area contributed by atoms with Crippen molar-refractivity contribution in [3.63, 3.8) is 0 Å². The molecular formula is C23H20FN5O5. The fraction of sp³-hybridized carbons (Fsp3) is 0.304. The predicted octanol–water partition coefficient (Wildman–Crippen LogP) is 1.58. The van der Waals surface area contributed by atoms with Crippen LogP contribution in [-0.2, 0) is 16.1 Å². The van der Waals surface area contributed by atoms with Gasteiger partial charge in [0.05, 0.1) is 29.5 Å². The van der Waals surface area contributed by atoms with Gasteiger partial charge in [0.2, 0.25) is 0 Å². The molecule has 3 aromatic rings. The molecule has 34 heavy (non-hydrogen) atoms. The highest BCUT2D eigenvalue weighted by atomic mass is 19.1. The molecule has 2 aromatic heterocycles.